The lowest BCUT2D eigenvalue weighted by Gasteiger charge is -2.34. The van der Waals surface area contributed by atoms with Gasteiger partial charge in [-0.25, -0.2) is 14.4 Å². The van der Waals surface area contributed by atoms with E-state index in [-0.39, 0.29) is 86.7 Å². The van der Waals surface area contributed by atoms with E-state index in [1.807, 2.05) is 83.1 Å². The minimum absolute atomic E-state index is 0.0203. The van der Waals surface area contributed by atoms with Gasteiger partial charge in [-0.2, -0.15) is 0 Å². The molecule has 2 unspecified atom stereocenters. The Morgan fingerprint density at radius 2 is 0.663 bits per heavy atom. The van der Waals surface area contributed by atoms with Crippen molar-refractivity contribution in [3.05, 3.63) is 36.5 Å². The molecule has 21 heteroatoms. The van der Waals surface area contributed by atoms with Crippen LogP contribution in [-0.4, -0.2) is 132 Å². The van der Waals surface area contributed by atoms with Crippen LogP contribution in [0.1, 0.15) is 169 Å². The maximum Gasteiger partial charge on any atom is 0.333 e. The Hall–Kier alpha value is -4.45. The first-order chi connectivity index (χ1) is 37.9. The van der Waals surface area contributed by atoms with Crippen molar-refractivity contribution in [1.29, 1.82) is 0 Å². The van der Waals surface area contributed by atoms with Crippen LogP contribution in [0.2, 0.25) is 57.9 Å². The van der Waals surface area contributed by atoms with Crippen LogP contribution in [0.5, 0.6) is 0 Å². The maximum atomic E-state index is 11.6. The number of carbonyl (C=O) groups excluding carboxylic acids is 8. The Bertz CT molecular complexity index is 1890. The molecule has 0 amide bonds. The maximum absolute atomic E-state index is 11.6. The van der Waals surface area contributed by atoms with Gasteiger partial charge in [-0.15, -0.1) is 0 Å². The molecular formula is C62H118O18Si3. The molecule has 18 nitrogen and oxygen atoms in total. The molecule has 0 fully saturated rings. The van der Waals surface area contributed by atoms with Crippen molar-refractivity contribution >= 4 is 72.7 Å². The van der Waals surface area contributed by atoms with E-state index >= 15 is 0 Å². The average Bonchev–Trinajstić information content (AvgIpc) is 3.40. The summed E-state index contributed by atoms with van der Waals surface area (Å²) in [5.74, 6) is -2.49. The molecule has 0 saturated carbocycles. The molecule has 0 spiro atoms. The van der Waals surface area contributed by atoms with Crippen LogP contribution in [0.4, 0.5) is 0 Å². The zero-order valence-electron chi connectivity index (χ0n) is 56.6. The predicted octanol–water partition coefficient (Wildman–Crippen LogP) is 13.9. The zero-order valence-corrected chi connectivity index (χ0v) is 59.6. The second-order valence-electron chi connectivity index (χ2n) is 24.6. The van der Waals surface area contributed by atoms with Crippen LogP contribution in [0.15, 0.2) is 36.5 Å². The third-order valence-electron chi connectivity index (χ3n) is 12.7. The molecule has 0 aliphatic rings. The van der Waals surface area contributed by atoms with E-state index in [1.165, 1.54) is 18.9 Å². The third-order valence-corrected chi connectivity index (χ3v) is 21.4. The quantitative estimate of drug-likeness (QED) is 0.0189. The van der Waals surface area contributed by atoms with E-state index in [0.717, 1.165) is 31.7 Å². The topological polar surface area (TPSA) is 229 Å². The molecule has 0 radical (unpaired) electrons. The number of hydrogen-bond acceptors (Lipinski definition) is 18. The second-order valence-corrected chi connectivity index (χ2v) is 38.0. The summed E-state index contributed by atoms with van der Waals surface area (Å²) < 4.78 is 51.8. The number of unbranched alkanes of at least 4 members (excludes halogenated alkanes) is 1. The van der Waals surface area contributed by atoms with Gasteiger partial charge in [0.25, 0.3) is 0 Å². The summed E-state index contributed by atoms with van der Waals surface area (Å²) in [4.78, 5) is 90.2. The van der Waals surface area contributed by atoms with Gasteiger partial charge >= 0.3 is 47.8 Å². The standard InChI is InChI=1S/C16H36O3Si2.2C12H20O4.C11H18O4.C11H24O3Si/c1-8-10-13-20(4,5)19-21(6,7)14-11-12-18-16(17)15(3)9-2;2*1-6-12(4,5)11(14)16-8-7-15-10(13)9(2)3;1-5-9(4)11(13)15-7-6-14-10(12)8(2)3;1-7-11(2,3)10(12)13-8-9-14-15(4,5)6/h15H,8-14H2,1-7H3;2*2,6-8H2,1,3-5H3;9H,2,5-7H2,1,3-4H3;7-9H2,1-6H3. The molecule has 0 rings (SSSR count). The largest absolute Gasteiger partial charge is 0.465 e. The second kappa shape index (κ2) is 45.9. The van der Waals surface area contributed by atoms with Crippen LogP contribution in [0.3, 0.4) is 0 Å². The fourth-order valence-corrected chi connectivity index (χ4v) is 15.1. The number of esters is 8. The van der Waals surface area contributed by atoms with Crippen molar-refractivity contribution in [2.45, 2.75) is 227 Å². The van der Waals surface area contributed by atoms with Gasteiger partial charge in [-0.3, -0.25) is 24.0 Å². The lowest BCUT2D eigenvalue weighted by Crippen LogP contribution is -2.44. The van der Waals surface area contributed by atoms with Gasteiger partial charge in [0, 0.05) is 16.7 Å². The highest BCUT2D eigenvalue weighted by Crippen LogP contribution is 2.25. The molecule has 486 valence electrons. The van der Waals surface area contributed by atoms with Crippen molar-refractivity contribution in [3.63, 3.8) is 0 Å². The molecule has 0 saturated heterocycles. The summed E-state index contributed by atoms with van der Waals surface area (Å²) in [5.41, 5.74) is -0.348. The fraction of sp³-hybridized carbons (Fsp3) is 0.774. The SMILES string of the molecule is C=C(C)C(=O)OCCOC(=O)C(C)(C)CC.C=C(C)C(=O)OCCOC(=O)C(C)(C)CC.C=C(C)C(=O)OCCOC(=O)C(C)CC.CCC(C)(C)C(=O)OCCO[Si](C)(C)C.CCCC[Si](C)(C)O[Si](C)(C)CCCOC(=O)C(C)CC. The van der Waals surface area contributed by atoms with E-state index < -0.39 is 53.7 Å². The molecule has 2 atom stereocenters. The smallest absolute Gasteiger partial charge is 0.333 e. The van der Waals surface area contributed by atoms with E-state index in [4.69, 9.17) is 46.4 Å². The predicted molar refractivity (Wildman–Crippen MR) is 338 cm³/mol. The summed E-state index contributed by atoms with van der Waals surface area (Å²) >= 11 is 0. The first-order valence-electron chi connectivity index (χ1n) is 29.6. The molecule has 0 aliphatic carbocycles. The lowest BCUT2D eigenvalue weighted by atomic mass is 9.91. The summed E-state index contributed by atoms with van der Waals surface area (Å²) in [6.45, 7) is 59.3. The van der Waals surface area contributed by atoms with Crippen LogP contribution in [-0.2, 0) is 84.8 Å². The minimum Gasteiger partial charge on any atom is -0.465 e. The Balaban J connectivity index is -0.000000307. The van der Waals surface area contributed by atoms with Crippen LogP contribution in [0, 0.1) is 28.1 Å². The van der Waals surface area contributed by atoms with Crippen LogP contribution < -0.4 is 0 Å². The number of hydrogen-bond donors (Lipinski definition) is 0. The Morgan fingerprint density at radius 1 is 0.398 bits per heavy atom. The number of rotatable bonds is 35. The van der Waals surface area contributed by atoms with E-state index in [2.05, 4.69) is 72.5 Å². The normalized spacial score (nSPS) is 12.1. The molecule has 0 aromatic rings. The van der Waals surface area contributed by atoms with Crippen LogP contribution in [0.25, 0.3) is 0 Å². The Morgan fingerprint density at radius 3 is 0.928 bits per heavy atom. The van der Waals surface area contributed by atoms with Gasteiger partial charge in [-0.05, 0) is 159 Å². The van der Waals surface area contributed by atoms with E-state index in [0.29, 0.717) is 49.4 Å². The van der Waals surface area contributed by atoms with Gasteiger partial charge in [0.15, 0.2) is 25.0 Å². The fourth-order valence-electron chi connectivity index (χ4n) is 5.43. The van der Waals surface area contributed by atoms with Gasteiger partial charge in [-0.1, -0.05) is 88.0 Å². The highest BCUT2D eigenvalue weighted by Gasteiger charge is 2.33. The highest BCUT2D eigenvalue weighted by molar-refractivity contribution is 6.84. The molecule has 0 aromatic carbocycles. The summed E-state index contributed by atoms with van der Waals surface area (Å²) in [6, 6.07) is 2.33. The first-order valence-corrected chi connectivity index (χ1v) is 39.2. The molecule has 0 N–H and O–H groups in total. The molecule has 0 bridgehead atoms. The molecule has 0 aromatic heterocycles. The minimum atomic E-state index is -1.63. The lowest BCUT2D eigenvalue weighted by molar-refractivity contribution is -0.158. The van der Waals surface area contributed by atoms with Crippen molar-refractivity contribution in [2.24, 2.45) is 28.1 Å². The molecule has 0 aliphatic heterocycles. The Kier molecular flexibility index (Phi) is 48.2. The van der Waals surface area contributed by atoms with Gasteiger partial charge in [0.1, 0.15) is 46.2 Å². The number of carbonyl (C=O) groups is 8. The molecular weight excluding hydrogens is 1120 g/mol. The Labute approximate surface area is 506 Å². The average molecular weight is 1240 g/mol. The van der Waals surface area contributed by atoms with Crippen molar-refractivity contribution in [1.82, 2.24) is 0 Å². The third kappa shape index (κ3) is 49.5. The zero-order chi connectivity index (χ0) is 66.0. The summed E-state index contributed by atoms with van der Waals surface area (Å²) in [5, 5.41) is 0. The van der Waals surface area contributed by atoms with E-state index in [1.54, 1.807) is 27.7 Å². The first kappa shape index (κ1) is 87.3. The van der Waals surface area contributed by atoms with Gasteiger partial charge in [0.2, 0.25) is 0 Å². The monoisotopic (exact) mass is 1230 g/mol. The van der Waals surface area contributed by atoms with Gasteiger partial charge < -0.3 is 46.4 Å². The highest BCUT2D eigenvalue weighted by atomic mass is 28.4. The van der Waals surface area contributed by atoms with E-state index in [9.17, 15) is 38.4 Å². The van der Waals surface area contributed by atoms with Crippen molar-refractivity contribution in [2.75, 3.05) is 59.5 Å². The summed E-state index contributed by atoms with van der Waals surface area (Å²) in [7, 11) is -4.61. The van der Waals surface area contributed by atoms with Crippen molar-refractivity contribution < 1.29 is 84.8 Å². The number of ether oxygens (including phenoxy) is 8. The molecule has 0 heterocycles. The van der Waals surface area contributed by atoms with Crippen LogP contribution >= 0.6 is 0 Å². The molecule has 83 heavy (non-hydrogen) atoms. The summed E-state index contributed by atoms with van der Waals surface area (Å²) in [6.07, 6.45) is 7.24. The van der Waals surface area contributed by atoms with Crippen molar-refractivity contribution in [3.8, 4) is 0 Å². The van der Waals surface area contributed by atoms with Gasteiger partial charge in [0.05, 0.1) is 41.3 Å².